The van der Waals surface area contributed by atoms with Gasteiger partial charge in [-0.05, 0) is 42.7 Å². The topological polar surface area (TPSA) is 55.1 Å². The maximum absolute atomic E-state index is 11.2. The lowest BCUT2D eigenvalue weighted by atomic mass is 9.89. The molecule has 0 aromatic heterocycles. The Labute approximate surface area is 128 Å². The minimum Gasteiger partial charge on any atom is -0.382 e. The van der Waals surface area contributed by atoms with Crippen LogP contribution in [0.3, 0.4) is 0 Å². The second-order valence-corrected chi connectivity index (χ2v) is 6.65. The van der Waals surface area contributed by atoms with Gasteiger partial charge in [-0.15, -0.1) is 0 Å². The van der Waals surface area contributed by atoms with Crippen molar-refractivity contribution in [2.45, 2.75) is 58.4 Å². The van der Waals surface area contributed by atoms with E-state index in [1.165, 1.54) is 32.1 Å². The van der Waals surface area contributed by atoms with Crippen molar-refractivity contribution >= 4 is 11.6 Å². The first-order valence-electron chi connectivity index (χ1n) is 8.19. The van der Waals surface area contributed by atoms with Crippen LogP contribution in [0.2, 0.25) is 0 Å². The summed E-state index contributed by atoms with van der Waals surface area (Å²) in [7, 11) is 0. The van der Waals surface area contributed by atoms with Crippen molar-refractivity contribution in [2.75, 3.05) is 5.32 Å². The maximum atomic E-state index is 11.2. The molecule has 0 bridgehead atoms. The highest BCUT2D eigenvalue weighted by Gasteiger charge is 2.21. The molecule has 1 aromatic rings. The van der Waals surface area contributed by atoms with Gasteiger partial charge in [-0.2, -0.15) is 0 Å². The van der Waals surface area contributed by atoms with Gasteiger partial charge in [-0.25, -0.2) is 0 Å². The molecule has 0 aliphatic heterocycles. The van der Waals surface area contributed by atoms with Crippen LogP contribution in [0, 0.1) is 11.8 Å². The van der Waals surface area contributed by atoms with Crippen LogP contribution < -0.4 is 11.1 Å². The monoisotopic (exact) mass is 288 g/mol. The molecule has 1 saturated carbocycles. The molecule has 2 atom stereocenters. The Morgan fingerprint density at radius 1 is 1.24 bits per heavy atom. The van der Waals surface area contributed by atoms with Crippen LogP contribution in [0.4, 0.5) is 5.69 Å². The summed E-state index contributed by atoms with van der Waals surface area (Å²) in [6.45, 7) is 4.67. The van der Waals surface area contributed by atoms with Crippen molar-refractivity contribution in [2.24, 2.45) is 17.6 Å². The molecule has 0 heterocycles. The molecule has 116 valence electrons. The van der Waals surface area contributed by atoms with Crippen molar-refractivity contribution in [3.8, 4) is 0 Å². The molecule has 1 aromatic carbocycles. The number of para-hydroxylation sites is 1. The van der Waals surface area contributed by atoms with E-state index in [1.807, 2.05) is 18.2 Å². The number of rotatable bonds is 5. The summed E-state index contributed by atoms with van der Waals surface area (Å²) in [5.41, 5.74) is 7.42. The number of carbonyl (C=O) groups is 1. The summed E-state index contributed by atoms with van der Waals surface area (Å²) in [6, 6.07) is 8.54. The molecule has 2 rings (SSSR count). The van der Waals surface area contributed by atoms with Crippen LogP contribution in [-0.2, 0) is 11.2 Å². The Morgan fingerprint density at radius 3 is 2.71 bits per heavy atom. The zero-order chi connectivity index (χ0) is 15.2. The molecule has 2 unspecified atom stereocenters. The van der Waals surface area contributed by atoms with Crippen LogP contribution in [-0.4, -0.2) is 11.9 Å². The van der Waals surface area contributed by atoms with E-state index >= 15 is 0 Å². The number of hydrogen-bond acceptors (Lipinski definition) is 2. The van der Waals surface area contributed by atoms with E-state index in [1.54, 1.807) is 0 Å². The molecule has 0 saturated heterocycles. The van der Waals surface area contributed by atoms with Crippen molar-refractivity contribution < 1.29 is 4.79 Å². The van der Waals surface area contributed by atoms with E-state index < -0.39 is 0 Å². The SMILES string of the molecule is CC(C)C1CCCC(Nc2ccccc2CC(N)=O)CC1. The van der Waals surface area contributed by atoms with Gasteiger partial charge in [0.15, 0.2) is 0 Å². The molecule has 0 radical (unpaired) electrons. The van der Waals surface area contributed by atoms with Gasteiger partial charge in [0, 0.05) is 11.7 Å². The fourth-order valence-corrected chi connectivity index (χ4v) is 3.36. The predicted molar refractivity (Wildman–Crippen MR) is 88.2 cm³/mol. The molecule has 21 heavy (non-hydrogen) atoms. The standard InChI is InChI=1S/C18H28N2O/c1-13(2)14-7-5-8-16(11-10-14)20-17-9-4-3-6-15(17)12-18(19)21/h3-4,6,9,13-14,16,20H,5,7-8,10-12H2,1-2H3,(H2,19,21). The van der Waals surface area contributed by atoms with Crippen LogP contribution in [0.1, 0.15) is 51.5 Å². The Morgan fingerprint density at radius 2 is 2.00 bits per heavy atom. The lowest BCUT2D eigenvalue weighted by Crippen LogP contribution is -2.21. The van der Waals surface area contributed by atoms with Crippen molar-refractivity contribution in [1.82, 2.24) is 0 Å². The van der Waals surface area contributed by atoms with Crippen molar-refractivity contribution in [3.63, 3.8) is 0 Å². The highest BCUT2D eigenvalue weighted by atomic mass is 16.1. The molecule has 0 spiro atoms. The molecule has 1 aliphatic rings. The van der Waals surface area contributed by atoms with Crippen LogP contribution in [0.15, 0.2) is 24.3 Å². The minimum absolute atomic E-state index is 0.273. The first-order valence-corrected chi connectivity index (χ1v) is 8.19. The third kappa shape index (κ3) is 4.76. The summed E-state index contributed by atoms with van der Waals surface area (Å²) in [4.78, 5) is 11.2. The molecule has 3 heteroatoms. The normalized spacial score (nSPS) is 22.8. The maximum Gasteiger partial charge on any atom is 0.221 e. The third-order valence-electron chi connectivity index (χ3n) is 4.70. The summed E-state index contributed by atoms with van der Waals surface area (Å²) in [6.07, 6.45) is 6.68. The smallest absolute Gasteiger partial charge is 0.221 e. The lowest BCUT2D eigenvalue weighted by Gasteiger charge is -2.21. The number of hydrogen-bond donors (Lipinski definition) is 2. The van der Waals surface area contributed by atoms with Gasteiger partial charge in [-0.3, -0.25) is 4.79 Å². The minimum atomic E-state index is -0.273. The summed E-state index contributed by atoms with van der Waals surface area (Å²) >= 11 is 0. The van der Waals surface area contributed by atoms with Crippen molar-refractivity contribution in [1.29, 1.82) is 0 Å². The first-order chi connectivity index (χ1) is 10.1. The number of amides is 1. The number of anilines is 1. The summed E-state index contributed by atoms with van der Waals surface area (Å²) < 4.78 is 0. The third-order valence-corrected chi connectivity index (χ3v) is 4.70. The molecule has 1 amide bonds. The van der Waals surface area contributed by atoms with E-state index in [2.05, 4.69) is 25.2 Å². The second-order valence-electron chi connectivity index (χ2n) is 6.65. The van der Waals surface area contributed by atoms with Gasteiger partial charge in [0.2, 0.25) is 5.91 Å². The van der Waals surface area contributed by atoms with E-state index in [9.17, 15) is 4.79 Å². The average Bonchev–Trinajstić information content (AvgIpc) is 2.66. The number of nitrogens with one attached hydrogen (secondary N) is 1. The number of primary amides is 1. The largest absolute Gasteiger partial charge is 0.382 e. The predicted octanol–water partition coefficient (Wildman–Crippen LogP) is 3.73. The quantitative estimate of drug-likeness (QED) is 0.811. The average molecular weight is 288 g/mol. The number of nitrogens with two attached hydrogens (primary N) is 1. The van der Waals surface area contributed by atoms with E-state index in [-0.39, 0.29) is 5.91 Å². The van der Waals surface area contributed by atoms with E-state index in [0.717, 1.165) is 23.1 Å². The van der Waals surface area contributed by atoms with Crippen molar-refractivity contribution in [3.05, 3.63) is 29.8 Å². The molecule has 1 aliphatic carbocycles. The molecular weight excluding hydrogens is 260 g/mol. The molecule has 3 nitrogen and oxygen atoms in total. The molecule has 3 N–H and O–H groups in total. The van der Waals surface area contributed by atoms with Crippen LogP contribution in [0.5, 0.6) is 0 Å². The van der Waals surface area contributed by atoms with Gasteiger partial charge >= 0.3 is 0 Å². The van der Waals surface area contributed by atoms with E-state index in [0.29, 0.717) is 12.5 Å². The Hall–Kier alpha value is -1.51. The Kier molecular flexibility index (Phi) is 5.66. The van der Waals surface area contributed by atoms with Gasteiger partial charge in [0.1, 0.15) is 0 Å². The highest BCUT2D eigenvalue weighted by molar-refractivity contribution is 5.78. The zero-order valence-electron chi connectivity index (χ0n) is 13.3. The van der Waals surface area contributed by atoms with Gasteiger partial charge in [-0.1, -0.05) is 44.9 Å². The second kappa shape index (κ2) is 7.48. The Balaban J connectivity index is 2.00. The number of benzene rings is 1. The van der Waals surface area contributed by atoms with Gasteiger partial charge in [0.25, 0.3) is 0 Å². The molecular formula is C18H28N2O. The van der Waals surface area contributed by atoms with Crippen LogP contribution in [0.25, 0.3) is 0 Å². The lowest BCUT2D eigenvalue weighted by molar-refractivity contribution is -0.117. The summed E-state index contributed by atoms with van der Waals surface area (Å²) in [5, 5.41) is 3.65. The van der Waals surface area contributed by atoms with Crippen LogP contribution >= 0.6 is 0 Å². The van der Waals surface area contributed by atoms with E-state index in [4.69, 9.17) is 5.73 Å². The van der Waals surface area contributed by atoms with Gasteiger partial charge < -0.3 is 11.1 Å². The first kappa shape index (κ1) is 15.9. The summed E-state index contributed by atoms with van der Waals surface area (Å²) in [5.74, 6) is 1.37. The highest BCUT2D eigenvalue weighted by Crippen LogP contribution is 2.30. The fourth-order valence-electron chi connectivity index (χ4n) is 3.36. The number of carbonyl (C=O) groups excluding carboxylic acids is 1. The fraction of sp³-hybridized carbons (Fsp3) is 0.611. The Bertz CT molecular complexity index is 470. The van der Waals surface area contributed by atoms with Gasteiger partial charge in [0.05, 0.1) is 6.42 Å². The molecule has 1 fully saturated rings. The zero-order valence-corrected chi connectivity index (χ0v) is 13.3.